The number of furan rings is 1. The van der Waals surface area contributed by atoms with Crippen molar-refractivity contribution in [3.63, 3.8) is 0 Å². The van der Waals surface area contributed by atoms with Crippen LogP contribution in [0.1, 0.15) is 42.6 Å². The summed E-state index contributed by atoms with van der Waals surface area (Å²) in [5.74, 6) is 0.955. The summed E-state index contributed by atoms with van der Waals surface area (Å²) in [7, 11) is 0. The largest absolute Gasteiger partial charge is 0.467 e. The Kier molecular flexibility index (Phi) is 4.25. The van der Waals surface area contributed by atoms with Gasteiger partial charge in [-0.25, -0.2) is 0 Å². The van der Waals surface area contributed by atoms with Crippen LogP contribution in [0.4, 0.5) is 0 Å². The second-order valence-corrected chi connectivity index (χ2v) is 6.67. The molecule has 0 fully saturated rings. The minimum atomic E-state index is -0.298. The van der Waals surface area contributed by atoms with Gasteiger partial charge in [0.25, 0.3) is 5.91 Å². The van der Waals surface area contributed by atoms with Gasteiger partial charge in [0.15, 0.2) is 11.5 Å². The molecule has 24 heavy (non-hydrogen) atoms. The summed E-state index contributed by atoms with van der Waals surface area (Å²) in [5, 5.41) is 6.59. The van der Waals surface area contributed by atoms with Gasteiger partial charge in [-0.1, -0.05) is 50.2 Å². The Hall–Kier alpha value is -2.82. The SMILES string of the molecule is CC(C)(C)c1ccc(-c2cc(C(=O)NCc3ccco3)no2)cc1. The minimum Gasteiger partial charge on any atom is -0.467 e. The van der Waals surface area contributed by atoms with E-state index in [1.807, 2.05) is 12.1 Å². The van der Waals surface area contributed by atoms with Gasteiger partial charge in [0.1, 0.15) is 5.76 Å². The molecule has 0 atom stereocenters. The molecular formula is C19H20N2O3. The maximum Gasteiger partial charge on any atom is 0.273 e. The maximum atomic E-state index is 12.1. The first-order valence-corrected chi connectivity index (χ1v) is 7.82. The van der Waals surface area contributed by atoms with E-state index >= 15 is 0 Å². The normalized spacial score (nSPS) is 11.5. The number of carbonyl (C=O) groups is 1. The van der Waals surface area contributed by atoms with E-state index in [4.69, 9.17) is 8.94 Å². The lowest BCUT2D eigenvalue weighted by atomic mass is 9.86. The molecule has 2 heterocycles. The molecule has 1 aromatic carbocycles. The Labute approximate surface area is 140 Å². The third kappa shape index (κ3) is 3.56. The van der Waals surface area contributed by atoms with Gasteiger partial charge in [0.2, 0.25) is 0 Å². The lowest BCUT2D eigenvalue weighted by Crippen LogP contribution is -2.22. The van der Waals surface area contributed by atoms with E-state index in [-0.39, 0.29) is 17.0 Å². The van der Waals surface area contributed by atoms with E-state index in [0.717, 1.165) is 5.56 Å². The number of aromatic nitrogens is 1. The Bertz CT molecular complexity index is 809. The molecule has 0 saturated carbocycles. The zero-order chi connectivity index (χ0) is 17.2. The van der Waals surface area contributed by atoms with Gasteiger partial charge in [0, 0.05) is 11.6 Å². The summed E-state index contributed by atoms with van der Waals surface area (Å²) >= 11 is 0. The van der Waals surface area contributed by atoms with Crippen molar-refractivity contribution in [3.05, 3.63) is 65.7 Å². The lowest BCUT2D eigenvalue weighted by Gasteiger charge is -2.18. The van der Waals surface area contributed by atoms with E-state index < -0.39 is 0 Å². The van der Waals surface area contributed by atoms with Crippen LogP contribution < -0.4 is 5.32 Å². The highest BCUT2D eigenvalue weighted by atomic mass is 16.5. The van der Waals surface area contributed by atoms with Crippen molar-refractivity contribution in [1.82, 2.24) is 10.5 Å². The fraction of sp³-hybridized carbons (Fsp3) is 0.263. The van der Waals surface area contributed by atoms with Crippen LogP contribution in [0, 0.1) is 0 Å². The van der Waals surface area contributed by atoms with Crippen LogP contribution >= 0.6 is 0 Å². The molecule has 0 saturated heterocycles. The van der Waals surface area contributed by atoms with Gasteiger partial charge in [-0.15, -0.1) is 0 Å². The fourth-order valence-corrected chi connectivity index (χ4v) is 2.32. The number of carbonyl (C=O) groups excluding carboxylic acids is 1. The molecular weight excluding hydrogens is 304 g/mol. The number of nitrogens with zero attached hydrogens (tertiary/aromatic N) is 1. The van der Waals surface area contributed by atoms with Crippen LogP contribution in [0.25, 0.3) is 11.3 Å². The van der Waals surface area contributed by atoms with Crippen LogP contribution in [0.5, 0.6) is 0 Å². The van der Waals surface area contributed by atoms with E-state index in [2.05, 4.69) is 43.4 Å². The van der Waals surface area contributed by atoms with Crippen LogP contribution in [-0.4, -0.2) is 11.1 Å². The minimum absolute atomic E-state index is 0.0941. The summed E-state index contributed by atoms with van der Waals surface area (Å²) in [4.78, 5) is 12.1. The van der Waals surface area contributed by atoms with E-state index in [9.17, 15) is 4.79 Å². The van der Waals surface area contributed by atoms with Crippen LogP contribution in [0.3, 0.4) is 0 Å². The quantitative estimate of drug-likeness (QED) is 0.782. The van der Waals surface area contributed by atoms with Crippen molar-refractivity contribution < 1.29 is 13.7 Å². The van der Waals surface area contributed by atoms with E-state index in [1.165, 1.54) is 5.56 Å². The number of nitrogens with one attached hydrogen (secondary N) is 1. The Morgan fingerprint density at radius 3 is 2.54 bits per heavy atom. The fourth-order valence-electron chi connectivity index (χ4n) is 2.32. The number of benzene rings is 1. The van der Waals surface area contributed by atoms with Crippen LogP contribution in [0.2, 0.25) is 0 Å². The van der Waals surface area contributed by atoms with E-state index in [1.54, 1.807) is 24.5 Å². The summed E-state index contributed by atoms with van der Waals surface area (Å²) in [6.07, 6.45) is 1.57. The maximum absolute atomic E-state index is 12.1. The van der Waals surface area contributed by atoms with Crippen molar-refractivity contribution in [1.29, 1.82) is 0 Å². The molecule has 0 unspecified atom stereocenters. The van der Waals surface area contributed by atoms with E-state index in [0.29, 0.717) is 18.1 Å². The lowest BCUT2D eigenvalue weighted by molar-refractivity contribution is 0.0939. The van der Waals surface area contributed by atoms with Gasteiger partial charge < -0.3 is 14.3 Å². The molecule has 0 bridgehead atoms. The Morgan fingerprint density at radius 2 is 1.92 bits per heavy atom. The third-order valence-corrected chi connectivity index (χ3v) is 3.78. The topological polar surface area (TPSA) is 68.3 Å². The molecule has 0 aliphatic heterocycles. The molecule has 0 spiro atoms. The molecule has 3 aromatic rings. The van der Waals surface area contributed by atoms with Crippen molar-refractivity contribution >= 4 is 5.91 Å². The van der Waals surface area contributed by atoms with Gasteiger partial charge in [0.05, 0.1) is 12.8 Å². The molecule has 1 N–H and O–H groups in total. The first-order chi connectivity index (χ1) is 11.4. The molecule has 2 aromatic heterocycles. The second kappa shape index (κ2) is 6.35. The predicted molar refractivity (Wildman–Crippen MR) is 90.5 cm³/mol. The Balaban J connectivity index is 1.69. The molecule has 1 amide bonds. The number of hydrogen-bond acceptors (Lipinski definition) is 4. The molecule has 124 valence electrons. The first kappa shape index (κ1) is 16.1. The zero-order valence-electron chi connectivity index (χ0n) is 14.0. The summed E-state index contributed by atoms with van der Waals surface area (Å²) in [6.45, 7) is 6.81. The molecule has 5 heteroatoms. The summed E-state index contributed by atoms with van der Waals surface area (Å²) < 4.78 is 10.5. The monoisotopic (exact) mass is 324 g/mol. The third-order valence-electron chi connectivity index (χ3n) is 3.78. The molecule has 5 nitrogen and oxygen atoms in total. The molecule has 0 aliphatic carbocycles. The highest BCUT2D eigenvalue weighted by Crippen LogP contribution is 2.26. The highest BCUT2D eigenvalue weighted by molar-refractivity contribution is 5.93. The number of hydrogen-bond donors (Lipinski definition) is 1. The van der Waals surface area contributed by atoms with Gasteiger partial charge in [-0.05, 0) is 23.1 Å². The molecule has 0 radical (unpaired) electrons. The van der Waals surface area contributed by atoms with Crippen molar-refractivity contribution in [2.24, 2.45) is 0 Å². The molecule has 0 aliphatic rings. The van der Waals surface area contributed by atoms with Gasteiger partial charge in [-0.3, -0.25) is 4.79 Å². The second-order valence-electron chi connectivity index (χ2n) is 6.67. The standard InChI is InChI=1S/C19H20N2O3/c1-19(2,3)14-8-6-13(7-9-14)17-11-16(21-24-17)18(22)20-12-15-5-4-10-23-15/h4-11H,12H2,1-3H3,(H,20,22). The summed E-state index contributed by atoms with van der Waals surface area (Å²) in [5.41, 5.74) is 2.47. The zero-order valence-corrected chi connectivity index (χ0v) is 14.0. The first-order valence-electron chi connectivity index (χ1n) is 7.82. The average molecular weight is 324 g/mol. The van der Waals surface area contributed by atoms with Crippen molar-refractivity contribution in [3.8, 4) is 11.3 Å². The smallest absolute Gasteiger partial charge is 0.273 e. The van der Waals surface area contributed by atoms with Crippen LogP contribution in [-0.2, 0) is 12.0 Å². The summed E-state index contributed by atoms with van der Waals surface area (Å²) in [6, 6.07) is 13.3. The van der Waals surface area contributed by atoms with Crippen molar-refractivity contribution in [2.45, 2.75) is 32.7 Å². The Morgan fingerprint density at radius 1 is 1.17 bits per heavy atom. The van der Waals surface area contributed by atoms with Crippen molar-refractivity contribution in [2.75, 3.05) is 0 Å². The highest BCUT2D eigenvalue weighted by Gasteiger charge is 2.16. The predicted octanol–water partition coefficient (Wildman–Crippen LogP) is 4.16. The van der Waals surface area contributed by atoms with Gasteiger partial charge >= 0.3 is 0 Å². The number of amides is 1. The number of rotatable bonds is 4. The van der Waals surface area contributed by atoms with Gasteiger partial charge in [-0.2, -0.15) is 0 Å². The average Bonchev–Trinajstić information content (AvgIpc) is 3.23. The molecule has 3 rings (SSSR count). The van der Waals surface area contributed by atoms with Crippen LogP contribution in [0.15, 0.2) is 57.7 Å².